The molecule has 1 unspecified atom stereocenters. The van der Waals surface area contributed by atoms with Gasteiger partial charge in [0.1, 0.15) is 11.9 Å². The average Bonchev–Trinajstić information content (AvgIpc) is 3.52. The van der Waals surface area contributed by atoms with E-state index in [1.165, 1.54) is 0 Å². The Morgan fingerprint density at radius 3 is 2.56 bits per heavy atom. The Balaban J connectivity index is 1.43. The molecule has 7 nitrogen and oxygen atoms in total. The van der Waals surface area contributed by atoms with Crippen molar-refractivity contribution in [3.05, 3.63) is 90.3 Å². The maximum Gasteiger partial charge on any atom is 0.272 e. The zero-order valence-electron chi connectivity index (χ0n) is 19.0. The van der Waals surface area contributed by atoms with E-state index in [1.807, 2.05) is 79.0 Å². The Hall–Kier alpha value is -4.26. The van der Waals surface area contributed by atoms with Gasteiger partial charge in [0.25, 0.3) is 5.91 Å². The maximum absolute atomic E-state index is 13.3. The summed E-state index contributed by atoms with van der Waals surface area (Å²) in [5, 5.41) is 7.64. The van der Waals surface area contributed by atoms with Crippen molar-refractivity contribution in [2.24, 2.45) is 0 Å². The lowest BCUT2D eigenvalue weighted by atomic mass is 10.1. The molecule has 1 N–H and O–H groups in total. The molecule has 1 amide bonds. The van der Waals surface area contributed by atoms with E-state index in [4.69, 9.17) is 14.2 Å². The van der Waals surface area contributed by atoms with Gasteiger partial charge in [-0.05, 0) is 41.5 Å². The highest BCUT2D eigenvalue weighted by Gasteiger charge is 2.25. The topological polar surface area (TPSA) is 74.6 Å². The largest absolute Gasteiger partial charge is 0.493 e. The molecule has 2 heterocycles. The number of hydrogen-bond acceptors (Lipinski definition) is 5. The third-order valence-electron chi connectivity index (χ3n) is 5.85. The minimum absolute atomic E-state index is 0.109. The Bertz CT molecular complexity index is 1290. The number of nitrogens with zero attached hydrogens (tertiary/aromatic N) is 2. The summed E-state index contributed by atoms with van der Waals surface area (Å²) in [6, 6.07) is 23.2. The van der Waals surface area contributed by atoms with Crippen molar-refractivity contribution in [2.75, 3.05) is 20.8 Å². The molecule has 1 aliphatic rings. The molecule has 1 aliphatic heterocycles. The molecule has 0 saturated heterocycles. The fourth-order valence-corrected chi connectivity index (χ4v) is 4.13. The van der Waals surface area contributed by atoms with Gasteiger partial charge in [0, 0.05) is 18.2 Å². The Morgan fingerprint density at radius 1 is 1.03 bits per heavy atom. The number of carbonyl (C=O) groups excluding carboxylic acids is 1. The van der Waals surface area contributed by atoms with Gasteiger partial charge < -0.3 is 19.5 Å². The van der Waals surface area contributed by atoms with Crippen LogP contribution in [0.15, 0.2) is 79.0 Å². The number of fused-ring (bicyclic) bond motifs is 1. The number of aromatic nitrogens is 2. The third kappa shape index (κ3) is 4.20. The van der Waals surface area contributed by atoms with Gasteiger partial charge in [0.05, 0.1) is 26.5 Å². The van der Waals surface area contributed by atoms with Crippen LogP contribution in [0.2, 0.25) is 0 Å². The first-order chi connectivity index (χ1) is 16.7. The molecule has 3 aromatic carbocycles. The summed E-state index contributed by atoms with van der Waals surface area (Å²) in [5.74, 6) is 1.81. The lowest BCUT2D eigenvalue weighted by Crippen LogP contribution is -2.34. The predicted octanol–water partition coefficient (Wildman–Crippen LogP) is 4.29. The fourth-order valence-electron chi connectivity index (χ4n) is 4.13. The maximum atomic E-state index is 13.3. The molecule has 0 radical (unpaired) electrons. The zero-order valence-corrected chi connectivity index (χ0v) is 19.0. The van der Waals surface area contributed by atoms with Crippen molar-refractivity contribution in [2.45, 2.75) is 12.5 Å². The van der Waals surface area contributed by atoms with Crippen LogP contribution in [0.4, 0.5) is 0 Å². The van der Waals surface area contributed by atoms with Crippen LogP contribution in [0.5, 0.6) is 17.2 Å². The summed E-state index contributed by atoms with van der Waals surface area (Å²) in [7, 11) is 3.18. The van der Waals surface area contributed by atoms with Crippen LogP contribution in [0.25, 0.3) is 16.8 Å². The van der Waals surface area contributed by atoms with Crippen molar-refractivity contribution in [3.63, 3.8) is 0 Å². The van der Waals surface area contributed by atoms with Crippen LogP contribution in [0.1, 0.15) is 16.1 Å². The quantitative estimate of drug-likeness (QED) is 0.450. The molecular weight excluding hydrogens is 430 g/mol. The monoisotopic (exact) mass is 455 g/mol. The lowest BCUT2D eigenvalue weighted by Gasteiger charge is -2.12. The third-order valence-corrected chi connectivity index (χ3v) is 5.85. The highest BCUT2D eigenvalue weighted by molar-refractivity contribution is 5.99. The van der Waals surface area contributed by atoms with E-state index in [2.05, 4.69) is 10.4 Å². The number of rotatable bonds is 7. The van der Waals surface area contributed by atoms with Gasteiger partial charge in [0.2, 0.25) is 0 Å². The Kier molecular flexibility index (Phi) is 5.91. The molecule has 1 atom stereocenters. The van der Waals surface area contributed by atoms with Gasteiger partial charge in [0.15, 0.2) is 17.2 Å². The molecular formula is C27H25N3O4. The normalized spacial score (nSPS) is 14.2. The molecule has 0 spiro atoms. The second-order valence-corrected chi connectivity index (χ2v) is 8.00. The molecule has 7 heteroatoms. The smallest absolute Gasteiger partial charge is 0.272 e. The van der Waals surface area contributed by atoms with Gasteiger partial charge in [-0.2, -0.15) is 5.10 Å². The Morgan fingerprint density at radius 2 is 1.79 bits per heavy atom. The molecule has 0 fully saturated rings. The van der Waals surface area contributed by atoms with Crippen molar-refractivity contribution in [1.82, 2.24) is 15.1 Å². The number of ether oxygens (including phenoxy) is 3. The molecule has 1 aromatic heterocycles. The minimum atomic E-state index is -0.265. The number of hydrogen-bond donors (Lipinski definition) is 1. The summed E-state index contributed by atoms with van der Waals surface area (Å²) in [4.78, 5) is 13.3. The van der Waals surface area contributed by atoms with Gasteiger partial charge in [-0.25, -0.2) is 4.68 Å². The molecule has 172 valence electrons. The Labute approximate surface area is 197 Å². The average molecular weight is 456 g/mol. The van der Waals surface area contributed by atoms with Gasteiger partial charge >= 0.3 is 0 Å². The van der Waals surface area contributed by atoms with E-state index >= 15 is 0 Å². The molecule has 34 heavy (non-hydrogen) atoms. The van der Waals surface area contributed by atoms with Crippen molar-refractivity contribution in [1.29, 1.82) is 0 Å². The highest BCUT2D eigenvalue weighted by Crippen LogP contribution is 2.34. The van der Waals surface area contributed by atoms with Crippen LogP contribution in [0, 0.1) is 0 Å². The van der Waals surface area contributed by atoms with Crippen molar-refractivity contribution in [3.8, 4) is 34.1 Å². The molecule has 4 aromatic rings. The van der Waals surface area contributed by atoms with E-state index in [0.29, 0.717) is 29.3 Å². The van der Waals surface area contributed by atoms with Gasteiger partial charge in [-0.1, -0.05) is 42.5 Å². The van der Waals surface area contributed by atoms with E-state index in [1.54, 1.807) is 18.9 Å². The SMILES string of the molecule is COc1ccc(-c2cn(-c3ccccc3)nc2C(=O)NCC2Cc3ccccc3O2)cc1OC. The van der Waals surface area contributed by atoms with E-state index < -0.39 is 0 Å². The molecule has 0 aliphatic carbocycles. The van der Waals surface area contributed by atoms with E-state index in [0.717, 1.165) is 29.0 Å². The molecule has 0 saturated carbocycles. The summed E-state index contributed by atoms with van der Waals surface area (Å²) < 4.78 is 18.5. The number of carbonyl (C=O) groups is 1. The van der Waals surface area contributed by atoms with Crippen LogP contribution in [-0.4, -0.2) is 42.6 Å². The first kappa shape index (κ1) is 21.6. The summed E-state index contributed by atoms with van der Waals surface area (Å²) >= 11 is 0. The second-order valence-electron chi connectivity index (χ2n) is 8.00. The first-order valence-corrected chi connectivity index (χ1v) is 11.1. The predicted molar refractivity (Wildman–Crippen MR) is 129 cm³/mol. The van der Waals surface area contributed by atoms with Gasteiger partial charge in [-0.3, -0.25) is 4.79 Å². The van der Waals surface area contributed by atoms with Crippen LogP contribution in [-0.2, 0) is 6.42 Å². The molecule has 0 bridgehead atoms. The van der Waals surface area contributed by atoms with E-state index in [9.17, 15) is 4.79 Å². The van der Waals surface area contributed by atoms with Crippen LogP contribution in [0.3, 0.4) is 0 Å². The fraction of sp³-hybridized carbons (Fsp3) is 0.185. The van der Waals surface area contributed by atoms with Crippen LogP contribution < -0.4 is 19.5 Å². The number of nitrogens with one attached hydrogen (secondary N) is 1. The zero-order chi connectivity index (χ0) is 23.5. The number of benzene rings is 3. The number of amides is 1. The standard InChI is InChI=1S/C27H25N3O4/c1-32-24-13-12-18(15-25(24)33-2)22-17-30(20-9-4-3-5-10-20)29-26(22)27(31)28-16-21-14-19-8-6-7-11-23(19)34-21/h3-13,15,17,21H,14,16H2,1-2H3,(H,28,31). The second kappa shape index (κ2) is 9.31. The highest BCUT2D eigenvalue weighted by atomic mass is 16.5. The van der Waals surface area contributed by atoms with Crippen molar-refractivity contribution < 1.29 is 19.0 Å². The summed E-state index contributed by atoms with van der Waals surface area (Å²) in [6.07, 6.45) is 2.51. The molecule has 5 rings (SSSR count). The number of methoxy groups -OCH3 is 2. The summed E-state index contributed by atoms with van der Waals surface area (Å²) in [5.41, 5.74) is 3.83. The van der Waals surface area contributed by atoms with Gasteiger partial charge in [-0.15, -0.1) is 0 Å². The first-order valence-electron chi connectivity index (χ1n) is 11.1. The summed E-state index contributed by atoms with van der Waals surface area (Å²) in [6.45, 7) is 0.386. The van der Waals surface area contributed by atoms with Crippen molar-refractivity contribution >= 4 is 5.91 Å². The minimum Gasteiger partial charge on any atom is -0.493 e. The lowest BCUT2D eigenvalue weighted by molar-refractivity contribution is 0.0928. The van der Waals surface area contributed by atoms with Crippen LogP contribution >= 0.6 is 0 Å². The van der Waals surface area contributed by atoms with E-state index in [-0.39, 0.29) is 12.0 Å². The number of para-hydroxylation sites is 2.